The van der Waals surface area contributed by atoms with E-state index in [9.17, 15) is 4.79 Å². The number of rotatable bonds is 3. The molecule has 0 spiro atoms. The Morgan fingerprint density at radius 3 is 2.19 bits per heavy atom. The van der Waals surface area contributed by atoms with Crippen molar-refractivity contribution >= 4 is 11.9 Å². The molecule has 1 aliphatic rings. The van der Waals surface area contributed by atoms with E-state index in [-0.39, 0.29) is 5.78 Å². The molecule has 21 heavy (non-hydrogen) atoms. The first kappa shape index (κ1) is 13.6. The third-order valence-corrected chi connectivity index (χ3v) is 3.84. The van der Waals surface area contributed by atoms with E-state index in [1.807, 2.05) is 36.4 Å². The molecule has 0 heterocycles. The average Bonchev–Trinajstić information content (AvgIpc) is 2.54. The van der Waals surface area contributed by atoms with Crippen LogP contribution < -0.4 is 0 Å². The molecule has 1 unspecified atom stereocenters. The Hall–Kier alpha value is -2.41. The lowest BCUT2D eigenvalue weighted by atomic mass is 9.83. The highest BCUT2D eigenvalue weighted by Crippen LogP contribution is 2.31. The minimum absolute atomic E-state index is 0.225. The third-order valence-electron chi connectivity index (χ3n) is 3.84. The van der Waals surface area contributed by atoms with Crippen LogP contribution in [0.15, 0.2) is 78.4 Å². The van der Waals surface area contributed by atoms with Crippen molar-refractivity contribution in [1.82, 2.24) is 0 Å². The van der Waals surface area contributed by atoms with Crippen LogP contribution in [0.4, 0.5) is 0 Å². The van der Waals surface area contributed by atoms with Crippen molar-refractivity contribution in [3.63, 3.8) is 0 Å². The highest BCUT2D eigenvalue weighted by Gasteiger charge is 2.20. The van der Waals surface area contributed by atoms with Crippen LogP contribution in [0.1, 0.15) is 29.9 Å². The molecule has 0 amide bonds. The lowest BCUT2D eigenvalue weighted by Crippen LogP contribution is -2.11. The van der Waals surface area contributed by atoms with Crippen LogP contribution in [0.25, 0.3) is 6.08 Å². The van der Waals surface area contributed by atoms with Crippen LogP contribution in [0.2, 0.25) is 0 Å². The number of carbonyl (C=O) groups is 1. The molecule has 0 aliphatic heterocycles. The maximum Gasteiger partial charge on any atom is 0.156 e. The number of hydrogen-bond acceptors (Lipinski definition) is 1. The van der Waals surface area contributed by atoms with Gasteiger partial charge in [-0.1, -0.05) is 72.8 Å². The zero-order chi connectivity index (χ0) is 14.5. The number of benzene rings is 2. The first-order chi connectivity index (χ1) is 10.3. The summed E-state index contributed by atoms with van der Waals surface area (Å²) in [5.74, 6) is 0.530. The zero-order valence-corrected chi connectivity index (χ0v) is 11.9. The zero-order valence-electron chi connectivity index (χ0n) is 11.9. The van der Waals surface area contributed by atoms with E-state index >= 15 is 0 Å². The molecule has 0 N–H and O–H groups in total. The summed E-state index contributed by atoms with van der Waals surface area (Å²) < 4.78 is 0. The molecular formula is C20H18O. The van der Waals surface area contributed by atoms with Crippen LogP contribution in [-0.2, 0) is 4.79 Å². The van der Waals surface area contributed by atoms with Crippen molar-refractivity contribution in [3.05, 3.63) is 89.5 Å². The summed E-state index contributed by atoms with van der Waals surface area (Å²) >= 11 is 0. The highest BCUT2D eigenvalue weighted by molar-refractivity contribution is 5.92. The van der Waals surface area contributed by atoms with Gasteiger partial charge in [0.05, 0.1) is 0 Å². The second-order valence-electron chi connectivity index (χ2n) is 5.45. The smallest absolute Gasteiger partial charge is 0.156 e. The van der Waals surface area contributed by atoms with Crippen LogP contribution in [0, 0.1) is 0 Å². The monoisotopic (exact) mass is 274 g/mol. The van der Waals surface area contributed by atoms with E-state index in [0.29, 0.717) is 12.3 Å². The van der Waals surface area contributed by atoms with Gasteiger partial charge in [-0.2, -0.15) is 0 Å². The summed E-state index contributed by atoms with van der Waals surface area (Å²) in [6.45, 7) is 0. The summed E-state index contributed by atoms with van der Waals surface area (Å²) in [5.41, 5.74) is 3.53. The quantitative estimate of drug-likeness (QED) is 0.787. The molecule has 0 aromatic heterocycles. The summed E-state index contributed by atoms with van der Waals surface area (Å²) in [6.07, 6.45) is 7.49. The summed E-state index contributed by atoms with van der Waals surface area (Å²) in [7, 11) is 0. The molecule has 104 valence electrons. The largest absolute Gasteiger partial charge is 0.295 e. The Labute approximate surface area is 125 Å². The fourth-order valence-corrected chi connectivity index (χ4v) is 2.77. The molecule has 1 aliphatic carbocycles. The molecule has 0 radical (unpaired) electrons. The first-order valence-electron chi connectivity index (χ1n) is 7.33. The molecule has 3 rings (SSSR count). The lowest BCUT2D eigenvalue weighted by molar-refractivity contribution is -0.115. The van der Waals surface area contributed by atoms with Crippen LogP contribution in [0.5, 0.6) is 0 Å². The molecule has 0 saturated carbocycles. The van der Waals surface area contributed by atoms with Crippen LogP contribution >= 0.6 is 0 Å². The molecular weight excluding hydrogens is 256 g/mol. The number of ketones is 1. The molecule has 1 heteroatoms. The Balaban J connectivity index is 1.77. The van der Waals surface area contributed by atoms with Gasteiger partial charge >= 0.3 is 0 Å². The van der Waals surface area contributed by atoms with E-state index < -0.39 is 0 Å². The van der Waals surface area contributed by atoms with Crippen molar-refractivity contribution < 1.29 is 4.79 Å². The van der Waals surface area contributed by atoms with E-state index in [0.717, 1.165) is 17.6 Å². The minimum Gasteiger partial charge on any atom is -0.295 e. The van der Waals surface area contributed by atoms with Crippen molar-refractivity contribution in [3.8, 4) is 0 Å². The Morgan fingerprint density at radius 1 is 0.810 bits per heavy atom. The van der Waals surface area contributed by atoms with Gasteiger partial charge in [0.25, 0.3) is 0 Å². The van der Waals surface area contributed by atoms with Gasteiger partial charge in [-0.15, -0.1) is 0 Å². The maximum absolute atomic E-state index is 12.0. The number of carbonyl (C=O) groups excluding carboxylic acids is 1. The van der Waals surface area contributed by atoms with E-state index in [1.165, 1.54) is 5.56 Å². The minimum atomic E-state index is 0.225. The Bertz CT molecular complexity index is 665. The van der Waals surface area contributed by atoms with E-state index in [1.54, 1.807) is 6.08 Å². The summed E-state index contributed by atoms with van der Waals surface area (Å²) in [4.78, 5) is 12.0. The topological polar surface area (TPSA) is 17.1 Å². The van der Waals surface area contributed by atoms with Gasteiger partial charge in [-0.05, 0) is 35.1 Å². The standard InChI is InChI=1S/C20H18O/c21-20-14-17(12-11-16-7-3-1-4-8-16)13-19(15-20)18-9-5-2-6-10-18/h1-12,14,19H,13,15H2. The normalized spacial score (nSPS) is 18.8. The molecule has 1 nitrogen and oxygen atoms in total. The number of allylic oxidation sites excluding steroid dienone is 3. The number of hydrogen-bond donors (Lipinski definition) is 0. The molecule has 2 aromatic carbocycles. The van der Waals surface area contributed by atoms with Gasteiger partial charge in [0.15, 0.2) is 5.78 Å². The summed E-state index contributed by atoms with van der Waals surface area (Å²) in [6, 6.07) is 20.5. The average molecular weight is 274 g/mol. The van der Waals surface area contributed by atoms with Crippen molar-refractivity contribution in [2.45, 2.75) is 18.8 Å². The molecule has 2 aromatic rings. The van der Waals surface area contributed by atoms with Crippen LogP contribution in [0.3, 0.4) is 0 Å². The fraction of sp³-hybridized carbons (Fsp3) is 0.150. The van der Waals surface area contributed by atoms with Gasteiger partial charge in [0.1, 0.15) is 0 Å². The summed E-state index contributed by atoms with van der Waals surface area (Å²) in [5, 5.41) is 0. The maximum atomic E-state index is 12.0. The van der Waals surface area contributed by atoms with Gasteiger partial charge in [0, 0.05) is 6.42 Å². The second-order valence-corrected chi connectivity index (χ2v) is 5.45. The van der Waals surface area contributed by atoms with Crippen molar-refractivity contribution in [2.24, 2.45) is 0 Å². The van der Waals surface area contributed by atoms with E-state index in [4.69, 9.17) is 0 Å². The SMILES string of the molecule is O=C1C=C(C=Cc2ccccc2)CC(c2ccccc2)C1. The van der Waals surface area contributed by atoms with Gasteiger partial charge in [0.2, 0.25) is 0 Å². The van der Waals surface area contributed by atoms with Crippen molar-refractivity contribution in [1.29, 1.82) is 0 Å². The molecule has 0 bridgehead atoms. The highest BCUT2D eigenvalue weighted by atomic mass is 16.1. The van der Waals surface area contributed by atoms with Gasteiger partial charge in [-0.3, -0.25) is 4.79 Å². The Kier molecular flexibility index (Phi) is 4.11. The first-order valence-corrected chi connectivity index (χ1v) is 7.33. The predicted octanol–water partition coefficient (Wildman–Crippen LogP) is 4.77. The molecule has 0 fully saturated rings. The lowest BCUT2D eigenvalue weighted by Gasteiger charge is -2.21. The second kappa shape index (κ2) is 6.36. The van der Waals surface area contributed by atoms with Crippen molar-refractivity contribution in [2.75, 3.05) is 0 Å². The fourth-order valence-electron chi connectivity index (χ4n) is 2.77. The van der Waals surface area contributed by atoms with Gasteiger partial charge < -0.3 is 0 Å². The van der Waals surface area contributed by atoms with Crippen LogP contribution in [-0.4, -0.2) is 5.78 Å². The third kappa shape index (κ3) is 3.57. The van der Waals surface area contributed by atoms with Gasteiger partial charge in [-0.25, -0.2) is 0 Å². The molecule has 0 saturated heterocycles. The molecule has 1 atom stereocenters. The predicted molar refractivity (Wildman–Crippen MR) is 87.0 cm³/mol. The van der Waals surface area contributed by atoms with E-state index in [2.05, 4.69) is 36.4 Å². The Morgan fingerprint density at radius 2 is 1.48 bits per heavy atom.